The van der Waals surface area contributed by atoms with Gasteiger partial charge in [0.1, 0.15) is 10.6 Å². The van der Waals surface area contributed by atoms with Crippen LogP contribution in [-0.4, -0.2) is 44.8 Å². The number of hydrogen-bond acceptors (Lipinski definition) is 7. The Kier molecular flexibility index (Phi) is 5.73. The maximum Gasteiger partial charge on any atom is 0.223 e. The molecule has 1 aromatic heterocycles. The smallest absolute Gasteiger partial charge is 0.223 e. The molecule has 140 valence electrons. The van der Waals surface area contributed by atoms with Crippen molar-refractivity contribution in [3.8, 4) is 5.75 Å². The third kappa shape index (κ3) is 4.50. The highest BCUT2D eigenvalue weighted by molar-refractivity contribution is 7.90. The average molecular weight is 376 g/mol. The summed E-state index contributed by atoms with van der Waals surface area (Å²) in [5, 5.41) is 6.49. The van der Waals surface area contributed by atoms with Crippen LogP contribution >= 0.6 is 0 Å². The molecule has 1 aliphatic heterocycles. The first-order valence-electron chi connectivity index (χ1n) is 8.62. The minimum atomic E-state index is -3.37. The van der Waals surface area contributed by atoms with Gasteiger partial charge in [-0.05, 0) is 37.1 Å². The minimum absolute atomic E-state index is 0.0776. The second-order valence-electron chi connectivity index (χ2n) is 6.46. The molecule has 2 N–H and O–H groups in total. The average Bonchev–Trinajstić information content (AvgIpc) is 2.66. The largest absolute Gasteiger partial charge is 0.497 e. The Labute approximate surface area is 154 Å². The second-order valence-corrected chi connectivity index (χ2v) is 8.45. The fourth-order valence-electron chi connectivity index (χ4n) is 3.10. The van der Waals surface area contributed by atoms with E-state index in [1.54, 1.807) is 7.11 Å². The fraction of sp³-hybridized carbons (Fsp3) is 0.444. The Bertz CT molecular complexity index is 864. The monoisotopic (exact) mass is 376 g/mol. The molecule has 8 heteroatoms. The van der Waals surface area contributed by atoms with Gasteiger partial charge < -0.3 is 15.4 Å². The van der Waals surface area contributed by atoms with E-state index in [0.29, 0.717) is 18.2 Å². The summed E-state index contributed by atoms with van der Waals surface area (Å²) >= 11 is 0. The number of methoxy groups -OCH3 is 1. The summed E-state index contributed by atoms with van der Waals surface area (Å²) in [6, 6.07) is 7.72. The van der Waals surface area contributed by atoms with E-state index in [0.717, 1.165) is 37.2 Å². The molecule has 1 fully saturated rings. The summed E-state index contributed by atoms with van der Waals surface area (Å²) in [7, 11) is -1.74. The van der Waals surface area contributed by atoms with Crippen LogP contribution in [0.25, 0.3) is 0 Å². The van der Waals surface area contributed by atoms with Gasteiger partial charge in [0.25, 0.3) is 0 Å². The van der Waals surface area contributed by atoms with Crippen molar-refractivity contribution < 1.29 is 13.2 Å². The Morgan fingerprint density at radius 3 is 2.92 bits per heavy atom. The van der Waals surface area contributed by atoms with Gasteiger partial charge in [0, 0.05) is 25.3 Å². The molecule has 0 spiro atoms. The van der Waals surface area contributed by atoms with Gasteiger partial charge in [-0.1, -0.05) is 12.1 Å². The number of aromatic nitrogens is 2. The molecule has 0 amide bonds. The van der Waals surface area contributed by atoms with Crippen molar-refractivity contribution in [2.45, 2.75) is 30.2 Å². The lowest BCUT2D eigenvalue weighted by molar-refractivity contribution is 0.414. The van der Waals surface area contributed by atoms with Gasteiger partial charge in [0.05, 0.1) is 19.0 Å². The van der Waals surface area contributed by atoms with Crippen LogP contribution in [0.1, 0.15) is 30.0 Å². The number of rotatable bonds is 6. The maximum atomic E-state index is 12.1. The van der Waals surface area contributed by atoms with E-state index < -0.39 is 9.84 Å². The summed E-state index contributed by atoms with van der Waals surface area (Å²) in [4.78, 5) is 8.97. The van der Waals surface area contributed by atoms with Crippen molar-refractivity contribution in [2.24, 2.45) is 0 Å². The van der Waals surface area contributed by atoms with Gasteiger partial charge in [-0.25, -0.2) is 18.4 Å². The number of anilines is 1. The van der Waals surface area contributed by atoms with Gasteiger partial charge in [-0.15, -0.1) is 0 Å². The van der Waals surface area contributed by atoms with Gasteiger partial charge in [0.2, 0.25) is 5.95 Å². The third-order valence-corrected chi connectivity index (χ3v) is 5.56. The highest BCUT2D eigenvalue weighted by Crippen LogP contribution is 2.28. The van der Waals surface area contributed by atoms with Crippen LogP contribution in [0.3, 0.4) is 0 Å². The van der Waals surface area contributed by atoms with Crippen molar-refractivity contribution in [3.05, 3.63) is 41.7 Å². The molecular formula is C18H24N4O3S. The predicted molar refractivity (Wildman–Crippen MR) is 100 cm³/mol. The Hall–Kier alpha value is -2.19. The van der Waals surface area contributed by atoms with Crippen LogP contribution in [0.15, 0.2) is 35.4 Å². The summed E-state index contributed by atoms with van der Waals surface area (Å²) in [6.07, 6.45) is 4.54. The minimum Gasteiger partial charge on any atom is -0.497 e. The lowest BCUT2D eigenvalue weighted by Gasteiger charge is -2.24. The van der Waals surface area contributed by atoms with Crippen LogP contribution in [0.5, 0.6) is 5.75 Å². The Balaban J connectivity index is 1.83. The van der Waals surface area contributed by atoms with Crippen molar-refractivity contribution in [1.29, 1.82) is 0 Å². The molecule has 3 rings (SSSR count). The van der Waals surface area contributed by atoms with Gasteiger partial charge in [0.15, 0.2) is 9.84 Å². The highest BCUT2D eigenvalue weighted by atomic mass is 32.2. The highest BCUT2D eigenvalue weighted by Gasteiger charge is 2.25. The summed E-state index contributed by atoms with van der Waals surface area (Å²) in [6.45, 7) is 2.21. The quantitative estimate of drug-likeness (QED) is 0.796. The fourth-order valence-corrected chi connectivity index (χ4v) is 3.93. The molecule has 0 aliphatic carbocycles. The summed E-state index contributed by atoms with van der Waals surface area (Å²) in [5.74, 6) is 1.29. The van der Waals surface area contributed by atoms with E-state index in [2.05, 4.69) is 20.6 Å². The van der Waals surface area contributed by atoms with E-state index >= 15 is 0 Å². The van der Waals surface area contributed by atoms with Gasteiger partial charge in [-0.2, -0.15) is 0 Å². The zero-order valence-electron chi connectivity index (χ0n) is 15.0. The first kappa shape index (κ1) is 18.6. The van der Waals surface area contributed by atoms with Crippen molar-refractivity contribution in [3.63, 3.8) is 0 Å². The van der Waals surface area contributed by atoms with Gasteiger partial charge in [-0.3, -0.25) is 0 Å². The molecule has 1 aliphatic rings. The molecule has 2 aromatic rings. The van der Waals surface area contributed by atoms with Crippen molar-refractivity contribution in [2.75, 3.05) is 31.8 Å². The van der Waals surface area contributed by atoms with Crippen LogP contribution in [-0.2, 0) is 16.4 Å². The number of hydrogen-bond donors (Lipinski definition) is 2. The predicted octanol–water partition coefficient (Wildman–Crippen LogP) is 1.97. The van der Waals surface area contributed by atoms with Gasteiger partial charge >= 0.3 is 0 Å². The molecule has 1 unspecified atom stereocenters. The number of benzene rings is 1. The molecule has 26 heavy (non-hydrogen) atoms. The number of nitrogens with one attached hydrogen (secondary N) is 2. The Morgan fingerprint density at radius 1 is 1.38 bits per heavy atom. The number of ether oxygens (including phenoxy) is 1. The standard InChI is InChI=1S/C18H24N4O3S/c1-25-15-7-3-5-13(9-15)10-20-18-21-12-16(26(2,23)24)17(22-18)14-6-4-8-19-11-14/h3,5,7,9,12,14,19H,4,6,8,10-11H2,1-2H3,(H,20,21,22). The van der Waals surface area contributed by atoms with E-state index in [-0.39, 0.29) is 10.8 Å². The molecule has 1 saturated heterocycles. The van der Waals surface area contributed by atoms with Crippen molar-refractivity contribution in [1.82, 2.24) is 15.3 Å². The van der Waals surface area contributed by atoms with E-state index in [4.69, 9.17) is 4.74 Å². The first-order valence-corrected chi connectivity index (χ1v) is 10.5. The molecular weight excluding hydrogens is 352 g/mol. The lowest BCUT2D eigenvalue weighted by Crippen LogP contribution is -2.30. The molecule has 0 saturated carbocycles. The Morgan fingerprint density at radius 2 is 2.23 bits per heavy atom. The summed E-state index contributed by atoms with van der Waals surface area (Å²) < 4.78 is 29.5. The molecule has 2 heterocycles. The van der Waals surface area contributed by atoms with Crippen LogP contribution in [0.2, 0.25) is 0 Å². The van der Waals surface area contributed by atoms with Crippen LogP contribution < -0.4 is 15.4 Å². The number of nitrogens with zero attached hydrogens (tertiary/aromatic N) is 2. The topological polar surface area (TPSA) is 93.2 Å². The third-order valence-electron chi connectivity index (χ3n) is 4.45. The first-order chi connectivity index (χ1) is 12.5. The normalized spacial score (nSPS) is 17.7. The zero-order valence-corrected chi connectivity index (χ0v) is 15.8. The maximum absolute atomic E-state index is 12.1. The van der Waals surface area contributed by atoms with E-state index in [9.17, 15) is 8.42 Å². The van der Waals surface area contributed by atoms with E-state index in [1.807, 2.05) is 24.3 Å². The SMILES string of the molecule is COc1cccc(CNc2ncc(S(C)(=O)=O)c(C3CCCNC3)n2)c1. The number of piperidine rings is 1. The molecule has 1 atom stereocenters. The molecule has 7 nitrogen and oxygen atoms in total. The zero-order chi connectivity index (χ0) is 18.6. The second kappa shape index (κ2) is 8.01. The summed E-state index contributed by atoms with van der Waals surface area (Å²) in [5.41, 5.74) is 1.63. The van der Waals surface area contributed by atoms with Crippen molar-refractivity contribution >= 4 is 15.8 Å². The lowest BCUT2D eigenvalue weighted by atomic mass is 9.96. The van der Waals surface area contributed by atoms with E-state index in [1.165, 1.54) is 12.5 Å². The molecule has 0 bridgehead atoms. The van der Waals surface area contributed by atoms with Crippen LogP contribution in [0, 0.1) is 0 Å². The van der Waals surface area contributed by atoms with Crippen LogP contribution in [0.4, 0.5) is 5.95 Å². The number of sulfone groups is 1. The molecule has 1 aromatic carbocycles. The molecule has 0 radical (unpaired) electrons.